The molecule has 1 unspecified atom stereocenters. The zero-order valence-corrected chi connectivity index (χ0v) is 17.3. The van der Waals surface area contributed by atoms with Crippen LogP contribution in [0.4, 0.5) is 0 Å². The summed E-state index contributed by atoms with van der Waals surface area (Å²) in [4.78, 5) is 0. The maximum absolute atomic E-state index is 10.2. The van der Waals surface area contributed by atoms with Gasteiger partial charge >= 0.3 is 0 Å². The Labute approximate surface area is 154 Å². The molecule has 0 aromatic heterocycles. The summed E-state index contributed by atoms with van der Waals surface area (Å²) in [6.07, 6.45) is 2.51. The van der Waals surface area contributed by atoms with Gasteiger partial charge in [-0.05, 0) is 41.0 Å². The minimum absolute atomic E-state index is 0.127. The van der Waals surface area contributed by atoms with Gasteiger partial charge in [0, 0.05) is 0 Å². The predicted octanol–water partition coefficient (Wildman–Crippen LogP) is 4.40. The minimum Gasteiger partial charge on any atom is -0.491 e. The first-order valence-electron chi connectivity index (χ1n) is 9.19. The van der Waals surface area contributed by atoms with E-state index in [1.54, 1.807) is 0 Å². The van der Waals surface area contributed by atoms with Gasteiger partial charge in [-0.2, -0.15) is 0 Å². The number of benzene rings is 1. The molecule has 0 fully saturated rings. The van der Waals surface area contributed by atoms with Crippen molar-refractivity contribution in [3.8, 4) is 5.75 Å². The number of rotatable bonds is 9. The Morgan fingerprint density at radius 3 is 2.16 bits per heavy atom. The smallest absolute Gasteiger partial charge is 0.137 e. The number of hydrogen-bond acceptors (Lipinski definition) is 2. The van der Waals surface area contributed by atoms with Gasteiger partial charge in [-0.3, -0.25) is 0 Å². The van der Waals surface area contributed by atoms with E-state index in [0.717, 1.165) is 18.7 Å². The van der Waals surface area contributed by atoms with Gasteiger partial charge in [-0.15, -0.1) is 0 Å². The number of likely N-dealkylation sites (N-methyl/N-ethyl adjacent to an activating group) is 1. The SMILES string of the molecule is C=CC[N+](C)(C)CC(O)COc1ccc(C(C)(C)CC(C)(C)C)cc1. The van der Waals surface area contributed by atoms with Crippen molar-refractivity contribution < 1.29 is 14.3 Å². The fourth-order valence-electron chi connectivity index (χ4n) is 3.67. The van der Waals surface area contributed by atoms with Gasteiger partial charge in [0.15, 0.2) is 0 Å². The zero-order chi connectivity index (χ0) is 19.3. The number of hydrogen-bond donors (Lipinski definition) is 1. The van der Waals surface area contributed by atoms with Crippen LogP contribution in [0.25, 0.3) is 0 Å². The second-order valence-electron chi connectivity index (χ2n) is 9.70. The third kappa shape index (κ3) is 8.06. The van der Waals surface area contributed by atoms with E-state index in [0.29, 0.717) is 23.0 Å². The summed E-state index contributed by atoms with van der Waals surface area (Å²) in [5, 5.41) is 10.2. The number of ether oxygens (including phenoxy) is 1. The van der Waals surface area contributed by atoms with Gasteiger partial charge in [0.05, 0.1) is 20.6 Å². The predicted molar refractivity (Wildman–Crippen MR) is 107 cm³/mol. The molecule has 0 aliphatic carbocycles. The fraction of sp³-hybridized carbons (Fsp3) is 0.636. The number of aliphatic hydroxyl groups is 1. The van der Waals surface area contributed by atoms with Crippen molar-refractivity contribution in [1.29, 1.82) is 0 Å². The van der Waals surface area contributed by atoms with Crippen LogP contribution in [0.1, 0.15) is 46.6 Å². The monoisotopic (exact) mass is 348 g/mol. The first kappa shape index (κ1) is 21.7. The summed E-state index contributed by atoms with van der Waals surface area (Å²) in [6.45, 7) is 17.0. The summed E-state index contributed by atoms with van der Waals surface area (Å²) >= 11 is 0. The maximum Gasteiger partial charge on any atom is 0.137 e. The molecule has 0 bridgehead atoms. The van der Waals surface area contributed by atoms with E-state index in [-0.39, 0.29) is 5.41 Å². The average Bonchev–Trinajstić information content (AvgIpc) is 2.42. The molecule has 3 nitrogen and oxygen atoms in total. The van der Waals surface area contributed by atoms with Crippen LogP contribution >= 0.6 is 0 Å². The van der Waals surface area contributed by atoms with Crippen molar-refractivity contribution in [3.05, 3.63) is 42.5 Å². The lowest BCUT2D eigenvalue weighted by Gasteiger charge is -2.33. The van der Waals surface area contributed by atoms with E-state index in [1.807, 2.05) is 18.2 Å². The van der Waals surface area contributed by atoms with E-state index >= 15 is 0 Å². The van der Waals surface area contributed by atoms with E-state index in [1.165, 1.54) is 5.56 Å². The van der Waals surface area contributed by atoms with Gasteiger partial charge in [0.25, 0.3) is 0 Å². The molecule has 142 valence electrons. The quantitative estimate of drug-likeness (QED) is 0.529. The van der Waals surface area contributed by atoms with Crippen LogP contribution in [-0.2, 0) is 5.41 Å². The summed E-state index contributed by atoms with van der Waals surface area (Å²) in [5.74, 6) is 0.809. The molecule has 1 aromatic rings. The van der Waals surface area contributed by atoms with E-state index in [9.17, 15) is 5.11 Å². The van der Waals surface area contributed by atoms with Crippen molar-refractivity contribution in [2.24, 2.45) is 5.41 Å². The summed E-state index contributed by atoms with van der Waals surface area (Å²) in [6, 6.07) is 8.31. The van der Waals surface area contributed by atoms with E-state index in [4.69, 9.17) is 4.74 Å². The van der Waals surface area contributed by atoms with Crippen LogP contribution in [0.15, 0.2) is 36.9 Å². The normalized spacial score (nSPS) is 14.2. The van der Waals surface area contributed by atoms with Crippen LogP contribution < -0.4 is 4.74 Å². The molecule has 3 heteroatoms. The molecular formula is C22H38NO2+. The lowest BCUT2D eigenvalue weighted by Crippen LogP contribution is -2.46. The van der Waals surface area contributed by atoms with Gasteiger partial charge < -0.3 is 14.3 Å². The summed E-state index contributed by atoms with van der Waals surface area (Å²) < 4.78 is 6.48. The van der Waals surface area contributed by atoms with Crippen molar-refractivity contribution in [2.75, 3.05) is 33.8 Å². The fourth-order valence-corrected chi connectivity index (χ4v) is 3.67. The summed E-state index contributed by atoms with van der Waals surface area (Å²) in [5.41, 5.74) is 1.74. The molecule has 1 rings (SSSR count). The van der Waals surface area contributed by atoms with Gasteiger partial charge in [-0.25, -0.2) is 0 Å². The molecule has 0 saturated heterocycles. The second kappa shape index (κ2) is 8.37. The highest BCUT2D eigenvalue weighted by Crippen LogP contribution is 2.36. The Bertz CT molecular complexity index is 538. The van der Waals surface area contributed by atoms with Gasteiger partial charge in [0.2, 0.25) is 0 Å². The number of quaternary nitrogens is 1. The highest BCUT2D eigenvalue weighted by molar-refractivity contribution is 5.31. The molecule has 0 saturated carbocycles. The van der Waals surface area contributed by atoms with Crippen LogP contribution in [0, 0.1) is 5.41 Å². The molecule has 0 radical (unpaired) electrons. The summed E-state index contributed by atoms with van der Waals surface area (Å²) in [7, 11) is 4.16. The minimum atomic E-state index is -0.494. The highest BCUT2D eigenvalue weighted by Gasteiger charge is 2.27. The third-order valence-corrected chi connectivity index (χ3v) is 4.38. The van der Waals surface area contributed by atoms with E-state index < -0.39 is 6.10 Å². The Hall–Kier alpha value is -1.32. The highest BCUT2D eigenvalue weighted by atomic mass is 16.5. The van der Waals surface area contributed by atoms with Gasteiger partial charge in [0.1, 0.15) is 25.0 Å². The standard InChI is InChI=1S/C22H38NO2/c1-9-14-23(7,8)15-19(24)16-25-20-12-10-18(11-13-20)22(5,6)17-21(2,3)4/h9-13,19,24H,1,14-17H2,2-8H3/q+1. The van der Waals surface area contributed by atoms with Crippen molar-refractivity contribution >= 4 is 0 Å². The molecular weight excluding hydrogens is 310 g/mol. The largest absolute Gasteiger partial charge is 0.491 e. The van der Waals surface area contributed by atoms with Gasteiger partial charge in [-0.1, -0.05) is 53.3 Å². The van der Waals surface area contributed by atoms with Crippen LogP contribution in [0.3, 0.4) is 0 Å². The van der Waals surface area contributed by atoms with E-state index in [2.05, 4.69) is 67.4 Å². The molecule has 0 aliphatic rings. The van der Waals surface area contributed by atoms with Crippen molar-refractivity contribution in [2.45, 2.75) is 52.6 Å². The second-order valence-corrected chi connectivity index (χ2v) is 9.70. The topological polar surface area (TPSA) is 29.5 Å². The Morgan fingerprint density at radius 2 is 1.68 bits per heavy atom. The third-order valence-electron chi connectivity index (χ3n) is 4.38. The first-order valence-corrected chi connectivity index (χ1v) is 9.19. The first-order chi connectivity index (χ1) is 11.3. The molecule has 25 heavy (non-hydrogen) atoms. The van der Waals surface area contributed by atoms with Crippen LogP contribution in [0.2, 0.25) is 0 Å². The Morgan fingerprint density at radius 1 is 1.12 bits per heavy atom. The van der Waals surface area contributed by atoms with Crippen molar-refractivity contribution in [1.82, 2.24) is 0 Å². The molecule has 0 heterocycles. The number of aliphatic hydroxyl groups excluding tert-OH is 1. The maximum atomic E-state index is 10.2. The van der Waals surface area contributed by atoms with Crippen LogP contribution in [0.5, 0.6) is 5.75 Å². The molecule has 0 amide bonds. The molecule has 1 aromatic carbocycles. The lowest BCUT2D eigenvalue weighted by atomic mass is 9.72. The molecule has 1 atom stereocenters. The molecule has 1 N–H and O–H groups in total. The Kier molecular flexibility index (Phi) is 7.28. The van der Waals surface area contributed by atoms with Crippen LogP contribution in [-0.4, -0.2) is 49.5 Å². The average molecular weight is 349 g/mol. The molecule has 0 aliphatic heterocycles. The van der Waals surface area contributed by atoms with Crippen molar-refractivity contribution in [3.63, 3.8) is 0 Å². The lowest BCUT2D eigenvalue weighted by molar-refractivity contribution is -0.887. The zero-order valence-electron chi connectivity index (χ0n) is 17.3. The number of nitrogens with zero attached hydrogens (tertiary/aromatic N) is 1. The Balaban J connectivity index is 2.61. The molecule has 0 spiro atoms.